The summed E-state index contributed by atoms with van der Waals surface area (Å²) in [4.78, 5) is 51.8. The summed E-state index contributed by atoms with van der Waals surface area (Å²) in [7, 11) is 0. The van der Waals surface area contributed by atoms with E-state index in [4.69, 9.17) is 5.73 Å². The molecule has 0 aliphatic carbocycles. The molecule has 0 saturated carbocycles. The van der Waals surface area contributed by atoms with E-state index in [2.05, 4.69) is 10.6 Å². The zero-order valence-corrected chi connectivity index (χ0v) is 19.6. The van der Waals surface area contributed by atoms with Crippen molar-refractivity contribution in [1.29, 1.82) is 0 Å². The minimum absolute atomic E-state index is 0.268. The van der Waals surface area contributed by atoms with E-state index in [1.165, 1.54) is 11.8 Å². The van der Waals surface area contributed by atoms with Crippen LogP contribution in [0.2, 0.25) is 0 Å². The first-order valence-electron chi connectivity index (χ1n) is 11.5. The number of aryl methyl sites for hydroxylation is 1. The van der Waals surface area contributed by atoms with Crippen LogP contribution in [0.5, 0.6) is 0 Å². The molecule has 0 bridgehead atoms. The van der Waals surface area contributed by atoms with E-state index < -0.39 is 29.9 Å². The molecule has 0 aromatic heterocycles. The molecular formula is C26H32N4O4. The molecule has 3 unspecified atom stereocenters. The fourth-order valence-corrected chi connectivity index (χ4v) is 4.25. The molecule has 8 heteroatoms. The first kappa shape index (κ1) is 25.0. The molecule has 1 heterocycles. The maximum absolute atomic E-state index is 13.4. The predicted molar refractivity (Wildman–Crippen MR) is 128 cm³/mol. The minimum atomic E-state index is -0.883. The van der Waals surface area contributed by atoms with Gasteiger partial charge in [-0.1, -0.05) is 60.2 Å². The summed E-state index contributed by atoms with van der Waals surface area (Å²) in [5, 5.41) is 5.47. The molecule has 3 atom stereocenters. The monoisotopic (exact) mass is 464 g/mol. The number of benzene rings is 2. The van der Waals surface area contributed by atoms with Crippen LogP contribution in [-0.4, -0.2) is 53.2 Å². The van der Waals surface area contributed by atoms with Crippen molar-refractivity contribution in [2.24, 2.45) is 5.73 Å². The van der Waals surface area contributed by atoms with Gasteiger partial charge in [0.05, 0.1) is 0 Å². The molecule has 4 N–H and O–H groups in total. The Bertz CT molecular complexity index is 1020. The first-order chi connectivity index (χ1) is 16.2. The van der Waals surface area contributed by atoms with Crippen LogP contribution in [0.3, 0.4) is 0 Å². The van der Waals surface area contributed by atoms with Gasteiger partial charge in [-0.3, -0.25) is 19.2 Å². The van der Waals surface area contributed by atoms with E-state index >= 15 is 0 Å². The standard InChI is InChI=1S/C26H32N4O4/c1-17-10-12-20(13-11-17)16-22(28-18(2)31)26(34)30-14-6-9-23(30)25(33)29-21(24(27)32)15-19-7-4-3-5-8-19/h3-5,7-8,10-13,21-23H,6,9,14-16H2,1-2H3,(H2,27,32)(H,28,31)(H,29,33). The van der Waals surface area contributed by atoms with Gasteiger partial charge in [-0.05, 0) is 30.9 Å². The summed E-state index contributed by atoms with van der Waals surface area (Å²) in [6.45, 7) is 3.75. The number of hydrogen-bond donors (Lipinski definition) is 3. The van der Waals surface area contributed by atoms with E-state index in [1.54, 1.807) is 0 Å². The molecule has 2 aromatic carbocycles. The Labute approximate surface area is 199 Å². The average molecular weight is 465 g/mol. The molecule has 8 nitrogen and oxygen atoms in total. The van der Waals surface area contributed by atoms with Crippen molar-refractivity contribution in [2.75, 3.05) is 6.54 Å². The van der Waals surface area contributed by atoms with Gasteiger partial charge in [-0.2, -0.15) is 0 Å². The molecule has 1 aliphatic rings. The molecule has 180 valence electrons. The van der Waals surface area contributed by atoms with Crippen molar-refractivity contribution in [1.82, 2.24) is 15.5 Å². The smallest absolute Gasteiger partial charge is 0.246 e. The van der Waals surface area contributed by atoms with Crippen molar-refractivity contribution in [2.45, 2.75) is 57.7 Å². The fraction of sp³-hybridized carbons (Fsp3) is 0.385. The number of nitrogens with zero attached hydrogens (tertiary/aromatic N) is 1. The second kappa shape index (κ2) is 11.4. The van der Waals surface area contributed by atoms with E-state index in [9.17, 15) is 19.2 Å². The van der Waals surface area contributed by atoms with Crippen molar-refractivity contribution in [3.8, 4) is 0 Å². The molecule has 3 rings (SSSR count). The summed E-state index contributed by atoms with van der Waals surface area (Å²) in [6.07, 6.45) is 1.72. The predicted octanol–water partition coefficient (Wildman–Crippen LogP) is 1.25. The van der Waals surface area contributed by atoms with E-state index in [0.717, 1.165) is 16.7 Å². The summed E-state index contributed by atoms with van der Waals surface area (Å²) >= 11 is 0. The van der Waals surface area contributed by atoms with Crippen LogP contribution < -0.4 is 16.4 Å². The zero-order valence-electron chi connectivity index (χ0n) is 19.6. The normalized spacial score (nSPS) is 17.0. The van der Waals surface area contributed by atoms with E-state index in [-0.39, 0.29) is 18.2 Å². The van der Waals surface area contributed by atoms with Crippen molar-refractivity contribution >= 4 is 23.6 Å². The zero-order chi connectivity index (χ0) is 24.7. The second-order valence-corrected chi connectivity index (χ2v) is 8.79. The number of likely N-dealkylation sites (tertiary alicyclic amines) is 1. The van der Waals surface area contributed by atoms with Gasteiger partial charge in [0.15, 0.2) is 0 Å². The molecule has 4 amide bonds. The highest BCUT2D eigenvalue weighted by Gasteiger charge is 2.38. The quantitative estimate of drug-likeness (QED) is 0.517. The fourth-order valence-electron chi connectivity index (χ4n) is 4.25. The highest BCUT2D eigenvalue weighted by Crippen LogP contribution is 2.20. The number of nitrogens with one attached hydrogen (secondary N) is 2. The van der Waals surface area contributed by atoms with Crippen LogP contribution in [0.15, 0.2) is 54.6 Å². The van der Waals surface area contributed by atoms with Crippen LogP contribution in [0.1, 0.15) is 36.5 Å². The maximum Gasteiger partial charge on any atom is 0.246 e. The Balaban J connectivity index is 1.72. The molecule has 1 aliphatic heterocycles. The number of carbonyl (C=O) groups excluding carboxylic acids is 4. The summed E-state index contributed by atoms with van der Waals surface area (Å²) in [6, 6.07) is 14.6. The van der Waals surface area contributed by atoms with Crippen LogP contribution >= 0.6 is 0 Å². The van der Waals surface area contributed by atoms with Crippen LogP contribution in [0.4, 0.5) is 0 Å². The Morgan fingerprint density at radius 1 is 0.941 bits per heavy atom. The molecular weight excluding hydrogens is 432 g/mol. The lowest BCUT2D eigenvalue weighted by molar-refractivity contribution is -0.141. The topological polar surface area (TPSA) is 122 Å². The van der Waals surface area contributed by atoms with Gasteiger partial charge >= 0.3 is 0 Å². The molecule has 2 aromatic rings. The number of amides is 4. The van der Waals surface area contributed by atoms with Crippen molar-refractivity contribution in [3.63, 3.8) is 0 Å². The van der Waals surface area contributed by atoms with Gasteiger partial charge in [0, 0.05) is 26.3 Å². The van der Waals surface area contributed by atoms with Crippen molar-refractivity contribution < 1.29 is 19.2 Å². The lowest BCUT2D eigenvalue weighted by atomic mass is 10.0. The molecule has 0 radical (unpaired) electrons. The third kappa shape index (κ3) is 6.66. The minimum Gasteiger partial charge on any atom is -0.368 e. The van der Waals surface area contributed by atoms with Crippen LogP contribution in [0.25, 0.3) is 0 Å². The molecule has 1 fully saturated rings. The van der Waals surface area contributed by atoms with Gasteiger partial charge in [0.2, 0.25) is 23.6 Å². The Kier molecular flexibility index (Phi) is 8.40. The summed E-state index contributed by atoms with van der Waals surface area (Å²) < 4.78 is 0. The number of nitrogens with two attached hydrogens (primary N) is 1. The Morgan fingerprint density at radius 3 is 2.18 bits per heavy atom. The van der Waals surface area contributed by atoms with Crippen molar-refractivity contribution in [3.05, 3.63) is 71.3 Å². The van der Waals surface area contributed by atoms with E-state index in [1.807, 2.05) is 61.5 Å². The van der Waals surface area contributed by atoms with Gasteiger partial charge in [0.1, 0.15) is 18.1 Å². The Morgan fingerprint density at radius 2 is 1.56 bits per heavy atom. The third-order valence-corrected chi connectivity index (χ3v) is 6.02. The molecule has 1 saturated heterocycles. The van der Waals surface area contributed by atoms with Crippen LogP contribution in [0, 0.1) is 6.92 Å². The van der Waals surface area contributed by atoms with E-state index in [0.29, 0.717) is 25.8 Å². The molecule has 34 heavy (non-hydrogen) atoms. The van der Waals surface area contributed by atoms with Gasteiger partial charge in [0.25, 0.3) is 0 Å². The summed E-state index contributed by atoms with van der Waals surface area (Å²) in [5.41, 5.74) is 8.42. The lowest BCUT2D eigenvalue weighted by Crippen LogP contribution is -2.56. The number of rotatable bonds is 9. The highest BCUT2D eigenvalue weighted by molar-refractivity contribution is 5.94. The second-order valence-electron chi connectivity index (χ2n) is 8.79. The van der Waals surface area contributed by atoms with Gasteiger partial charge in [-0.25, -0.2) is 0 Å². The lowest BCUT2D eigenvalue weighted by Gasteiger charge is -2.29. The van der Waals surface area contributed by atoms with Gasteiger partial charge < -0.3 is 21.3 Å². The SMILES string of the molecule is CC(=O)NC(Cc1ccc(C)cc1)C(=O)N1CCCC1C(=O)NC(Cc1ccccc1)C(N)=O. The van der Waals surface area contributed by atoms with Gasteiger partial charge in [-0.15, -0.1) is 0 Å². The average Bonchev–Trinajstić information content (AvgIpc) is 3.29. The maximum atomic E-state index is 13.4. The highest BCUT2D eigenvalue weighted by atomic mass is 16.2. The Hall–Kier alpha value is -3.68. The summed E-state index contributed by atoms with van der Waals surface area (Å²) in [5.74, 6) is -1.68. The van der Waals surface area contributed by atoms with Crippen LogP contribution in [-0.2, 0) is 32.0 Å². The number of carbonyl (C=O) groups is 4. The third-order valence-electron chi connectivity index (χ3n) is 6.02. The number of primary amides is 1. The number of hydrogen-bond acceptors (Lipinski definition) is 4. The largest absolute Gasteiger partial charge is 0.368 e. The molecule has 0 spiro atoms. The first-order valence-corrected chi connectivity index (χ1v) is 11.5.